The molecular weight excluding hydrogens is 324 g/mol. The van der Waals surface area contributed by atoms with E-state index < -0.39 is 0 Å². The van der Waals surface area contributed by atoms with Gasteiger partial charge in [0.05, 0.1) is 25.3 Å². The molecule has 0 saturated heterocycles. The summed E-state index contributed by atoms with van der Waals surface area (Å²) in [5.74, 6) is 0.616. The summed E-state index contributed by atoms with van der Waals surface area (Å²) in [6.07, 6.45) is 4.32. The van der Waals surface area contributed by atoms with Gasteiger partial charge in [-0.15, -0.1) is 0 Å². The Morgan fingerprint density at radius 2 is 1.69 bits per heavy atom. The molecule has 3 rings (SSSR count). The van der Waals surface area contributed by atoms with Gasteiger partial charge in [-0.1, -0.05) is 35.9 Å². The quantitative estimate of drug-likeness (QED) is 0.700. The molecule has 0 spiro atoms. The molecule has 0 aliphatic heterocycles. The van der Waals surface area contributed by atoms with Crippen LogP contribution in [0.25, 0.3) is 0 Å². The van der Waals surface area contributed by atoms with Crippen molar-refractivity contribution < 1.29 is 9.53 Å². The van der Waals surface area contributed by atoms with Gasteiger partial charge in [-0.25, -0.2) is 0 Å². The van der Waals surface area contributed by atoms with Crippen molar-refractivity contribution >= 4 is 11.6 Å². The number of amides is 1. The molecule has 4 heteroatoms. The SMILES string of the molecule is COc1ccc(C)cc1NC(=O)C[C@@H](c1ccc(C)cc1)n1cccc1. The Bertz CT molecular complexity index is 868. The molecule has 0 fully saturated rings. The summed E-state index contributed by atoms with van der Waals surface area (Å²) < 4.78 is 7.42. The summed E-state index contributed by atoms with van der Waals surface area (Å²) in [4.78, 5) is 12.8. The molecule has 1 atom stereocenters. The van der Waals surface area contributed by atoms with Gasteiger partial charge in [0.15, 0.2) is 0 Å². The molecule has 0 bridgehead atoms. The van der Waals surface area contributed by atoms with Gasteiger partial charge in [-0.2, -0.15) is 0 Å². The largest absolute Gasteiger partial charge is 0.495 e. The number of benzene rings is 2. The maximum atomic E-state index is 12.8. The molecule has 3 aromatic rings. The van der Waals surface area contributed by atoms with E-state index in [9.17, 15) is 4.79 Å². The van der Waals surface area contributed by atoms with Crippen LogP contribution in [0.5, 0.6) is 5.75 Å². The van der Waals surface area contributed by atoms with Crippen LogP contribution >= 0.6 is 0 Å². The minimum absolute atomic E-state index is 0.0480. The first-order valence-electron chi connectivity index (χ1n) is 8.70. The Morgan fingerprint density at radius 1 is 1.04 bits per heavy atom. The topological polar surface area (TPSA) is 43.3 Å². The number of carbonyl (C=O) groups is 1. The molecular formula is C22H24N2O2. The molecule has 2 aromatic carbocycles. The molecule has 134 valence electrons. The molecule has 1 aromatic heterocycles. The first-order chi connectivity index (χ1) is 12.6. The molecule has 0 radical (unpaired) electrons. The van der Waals surface area contributed by atoms with Crippen molar-refractivity contribution in [1.82, 2.24) is 4.57 Å². The van der Waals surface area contributed by atoms with Gasteiger partial charge in [-0.3, -0.25) is 4.79 Å². The van der Waals surface area contributed by atoms with Crippen molar-refractivity contribution in [2.45, 2.75) is 26.3 Å². The number of aromatic nitrogens is 1. The lowest BCUT2D eigenvalue weighted by Gasteiger charge is -2.20. The van der Waals surface area contributed by atoms with Gasteiger partial charge in [0, 0.05) is 12.4 Å². The van der Waals surface area contributed by atoms with Crippen molar-refractivity contribution in [3.8, 4) is 5.75 Å². The number of nitrogens with zero attached hydrogens (tertiary/aromatic N) is 1. The van der Waals surface area contributed by atoms with E-state index >= 15 is 0 Å². The lowest BCUT2D eigenvalue weighted by Crippen LogP contribution is -2.20. The second kappa shape index (κ2) is 7.91. The van der Waals surface area contributed by atoms with E-state index in [-0.39, 0.29) is 11.9 Å². The van der Waals surface area contributed by atoms with Gasteiger partial charge in [0.1, 0.15) is 5.75 Å². The number of ether oxygens (including phenoxy) is 1. The Kier molecular flexibility index (Phi) is 5.42. The molecule has 1 amide bonds. The summed E-state index contributed by atoms with van der Waals surface area (Å²) in [6.45, 7) is 4.05. The molecule has 26 heavy (non-hydrogen) atoms. The minimum Gasteiger partial charge on any atom is -0.495 e. The highest BCUT2D eigenvalue weighted by molar-refractivity contribution is 5.92. The van der Waals surface area contributed by atoms with Crippen molar-refractivity contribution in [1.29, 1.82) is 0 Å². The van der Waals surface area contributed by atoms with E-state index in [2.05, 4.69) is 41.1 Å². The van der Waals surface area contributed by atoms with Gasteiger partial charge in [-0.05, 0) is 49.2 Å². The summed E-state index contributed by atoms with van der Waals surface area (Å²) in [6, 6.07) is 18.0. The zero-order valence-electron chi connectivity index (χ0n) is 15.4. The third-order valence-electron chi connectivity index (χ3n) is 4.46. The van der Waals surface area contributed by atoms with Crippen LogP contribution in [0.3, 0.4) is 0 Å². The van der Waals surface area contributed by atoms with Crippen LogP contribution in [0.1, 0.15) is 29.2 Å². The molecule has 1 heterocycles. The van der Waals surface area contributed by atoms with Crippen molar-refractivity contribution in [2.24, 2.45) is 0 Å². The lowest BCUT2D eigenvalue weighted by atomic mass is 10.0. The number of methoxy groups -OCH3 is 1. The highest BCUT2D eigenvalue weighted by Gasteiger charge is 2.18. The summed E-state index contributed by atoms with van der Waals surface area (Å²) in [7, 11) is 1.61. The van der Waals surface area contributed by atoms with Crippen LogP contribution in [-0.4, -0.2) is 17.6 Å². The number of anilines is 1. The first kappa shape index (κ1) is 17.8. The zero-order chi connectivity index (χ0) is 18.5. The fraction of sp³-hybridized carbons (Fsp3) is 0.227. The molecule has 0 saturated carbocycles. The Morgan fingerprint density at radius 3 is 2.35 bits per heavy atom. The third-order valence-corrected chi connectivity index (χ3v) is 4.46. The van der Waals surface area contributed by atoms with Crippen LogP contribution in [0.4, 0.5) is 5.69 Å². The Labute approximate surface area is 154 Å². The average molecular weight is 348 g/mol. The van der Waals surface area contributed by atoms with E-state index in [1.165, 1.54) is 5.56 Å². The molecule has 0 unspecified atom stereocenters. The number of hydrogen-bond acceptors (Lipinski definition) is 2. The zero-order valence-corrected chi connectivity index (χ0v) is 15.4. The summed E-state index contributed by atoms with van der Waals surface area (Å²) in [5, 5.41) is 3.00. The number of hydrogen-bond donors (Lipinski definition) is 1. The fourth-order valence-corrected chi connectivity index (χ4v) is 3.04. The van der Waals surface area contributed by atoms with Crippen LogP contribution < -0.4 is 10.1 Å². The first-order valence-corrected chi connectivity index (χ1v) is 8.70. The summed E-state index contributed by atoms with van der Waals surface area (Å²) in [5.41, 5.74) is 4.08. The van der Waals surface area contributed by atoms with E-state index in [0.29, 0.717) is 17.9 Å². The monoisotopic (exact) mass is 348 g/mol. The highest BCUT2D eigenvalue weighted by Crippen LogP contribution is 2.27. The standard InChI is InChI=1S/C22H24N2O2/c1-16-6-9-18(10-7-16)20(24-12-4-5-13-24)15-22(25)23-19-14-17(2)8-11-21(19)26-3/h4-14,20H,15H2,1-3H3,(H,23,25)/t20-/m0/s1. The number of aryl methyl sites for hydroxylation is 2. The maximum absolute atomic E-state index is 12.8. The third kappa shape index (κ3) is 4.14. The van der Waals surface area contributed by atoms with E-state index in [1.54, 1.807) is 7.11 Å². The maximum Gasteiger partial charge on any atom is 0.226 e. The second-order valence-electron chi connectivity index (χ2n) is 6.51. The normalized spacial score (nSPS) is 11.8. The van der Waals surface area contributed by atoms with Crippen molar-refractivity contribution in [2.75, 3.05) is 12.4 Å². The van der Waals surface area contributed by atoms with E-state index in [4.69, 9.17) is 4.74 Å². The van der Waals surface area contributed by atoms with Crippen LogP contribution in [0.15, 0.2) is 67.0 Å². The number of carbonyl (C=O) groups excluding carboxylic acids is 1. The van der Waals surface area contributed by atoms with Gasteiger partial charge in [0.25, 0.3) is 0 Å². The van der Waals surface area contributed by atoms with E-state index in [0.717, 1.165) is 11.1 Å². The number of rotatable bonds is 6. The van der Waals surface area contributed by atoms with Gasteiger partial charge < -0.3 is 14.6 Å². The molecule has 4 nitrogen and oxygen atoms in total. The highest BCUT2D eigenvalue weighted by atomic mass is 16.5. The second-order valence-corrected chi connectivity index (χ2v) is 6.51. The molecule has 0 aliphatic carbocycles. The summed E-state index contributed by atoms with van der Waals surface area (Å²) >= 11 is 0. The fourth-order valence-electron chi connectivity index (χ4n) is 3.04. The van der Waals surface area contributed by atoms with Crippen molar-refractivity contribution in [3.63, 3.8) is 0 Å². The smallest absolute Gasteiger partial charge is 0.226 e. The van der Waals surface area contributed by atoms with Crippen molar-refractivity contribution in [3.05, 3.63) is 83.7 Å². The predicted molar refractivity (Wildman–Crippen MR) is 105 cm³/mol. The Balaban J connectivity index is 1.82. The minimum atomic E-state index is -0.0543. The average Bonchev–Trinajstić information content (AvgIpc) is 3.15. The Hall–Kier alpha value is -3.01. The molecule has 1 N–H and O–H groups in total. The van der Waals surface area contributed by atoms with Crippen LogP contribution in [0.2, 0.25) is 0 Å². The molecule has 0 aliphatic rings. The van der Waals surface area contributed by atoms with Gasteiger partial charge in [0.2, 0.25) is 5.91 Å². The van der Waals surface area contributed by atoms with Gasteiger partial charge >= 0.3 is 0 Å². The lowest BCUT2D eigenvalue weighted by molar-refractivity contribution is -0.116. The van der Waals surface area contributed by atoms with Crippen LogP contribution in [-0.2, 0) is 4.79 Å². The number of nitrogens with one attached hydrogen (secondary N) is 1. The van der Waals surface area contributed by atoms with E-state index in [1.807, 2.05) is 49.6 Å². The predicted octanol–water partition coefficient (Wildman–Crippen LogP) is 4.73. The van der Waals surface area contributed by atoms with Crippen LogP contribution in [0, 0.1) is 13.8 Å².